The van der Waals surface area contributed by atoms with Gasteiger partial charge in [-0.3, -0.25) is 4.79 Å². The van der Waals surface area contributed by atoms with Gasteiger partial charge in [-0.05, 0) is 69.3 Å². The summed E-state index contributed by atoms with van der Waals surface area (Å²) in [6, 6.07) is 10.5. The van der Waals surface area contributed by atoms with Crippen LogP contribution in [-0.2, 0) is 0 Å². The number of aliphatic imine (C=N–C) groups is 1. The normalized spacial score (nSPS) is 15.4. The van der Waals surface area contributed by atoms with E-state index in [9.17, 15) is 4.79 Å². The van der Waals surface area contributed by atoms with Gasteiger partial charge in [0.15, 0.2) is 5.82 Å². The van der Waals surface area contributed by atoms with Crippen LogP contribution in [0.25, 0.3) is 11.9 Å². The van der Waals surface area contributed by atoms with Crippen LogP contribution in [0.4, 0.5) is 11.6 Å². The van der Waals surface area contributed by atoms with Crippen LogP contribution in [0, 0.1) is 0 Å². The molecule has 0 spiro atoms. The average molecular weight is 504 g/mol. The third-order valence-electron chi connectivity index (χ3n) is 6.35. The summed E-state index contributed by atoms with van der Waals surface area (Å²) in [4.78, 5) is 17.5. The second-order valence-corrected chi connectivity index (χ2v) is 8.61. The highest BCUT2D eigenvalue weighted by Crippen LogP contribution is 2.40. The smallest absolute Gasteiger partial charge is 0.262 e. The molecule has 0 radical (unpaired) electrons. The molecular formula is C29H41N7O. The van der Waals surface area contributed by atoms with Crippen LogP contribution in [0.15, 0.2) is 48.1 Å². The molecule has 3 aromatic rings. The van der Waals surface area contributed by atoms with Gasteiger partial charge in [0.2, 0.25) is 0 Å². The van der Waals surface area contributed by atoms with Crippen molar-refractivity contribution in [1.29, 1.82) is 0 Å². The summed E-state index contributed by atoms with van der Waals surface area (Å²) in [6.07, 6.45) is 9.28. The second-order valence-electron chi connectivity index (χ2n) is 8.61. The highest BCUT2D eigenvalue weighted by Gasteiger charge is 2.25. The number of aromatic nitrogens is 4. The predicted octanol–water partition coefficient (Wildman–Crippen LogP) is 6.54. The maximum Gasteiger partial charge on any atom is 0.262 e. The Balaban J connectivity index is 0.000000907. The van der Waals surface area contributed by atoms with E-state index in [2.05, 4.69) is 51.6 Å². The molecule has 0 bridgehead atoms. The van der Waals surface area contributed by atoms with Gasteiger partial charge in [0.05, 0.1) is 17.6 Å². The fraction of sp³-hybridized carbons (Fsp3) is 0.448. The first kappa shape index (κ1) is 28.1. The summed E-state index contributed by atoms with van der Waals surface area (Å²) in [5.41, 5.74) is 3.69. The standard InChI is InChI=1S/C25H29N7O.2C2H6/c1-3-27-24-21(16-28-31(24)4-2)25(33)29-23-15-22(19-11-13-26-14-12-19)30-32(23)20-9-7-18(8-10-20)17-5-6-17;2*1-2/h3-4,7-10,15-17,19,26H,2,5-6,11-14H2,1H3,(H,29,33);2*1-2H3/b27-3-;;. The molecule has 1 saturated heterocycles. The molecule has 1 aliphatic heterocycles. The summed E-state index contributed by atoms with van der Waals surface area (Å²) in [7, 11) is 0. The maximum absolute atomic E-state index is 13.2. The number of carbonyl (C=O) groups is 1. The fourth-order valence-electron chi connectivity index (χ4n) is 4.39. The van der Waals surface area contributed by atoms with E-state index in [1.807, 2.05) is 38.4 Å². The molecule has 1 aromatic carbocycles. The molecule has 1 aliphatic carbocycles. The number of benzene rings is 1. The number of anilines is 1. The minimum absolute atomic E-state index is 0.281. The van der Waals surface area contributed by atoms with Gasteiger partial charge in [-0.15, -0.1) is 0 Å². The molecule has 8 heteroatoms. The van der Waals surface area contributed by atoms with Gasteiger partial charge in [-0.25, -0.2) is 14.4 Å². The van der Waals surface area contributed by atoms with E-state index >= 15 is 0 Å². The molecule has 198 valence electrons. The van der Waals surface area contributed by atoms with Crippen LogP contribution in [-0.4, -0.2) is 44.8 Å². The molecule has 1 saturated carbocycles. The Morgan fingerprint density at radius 2 is 1.76 bits per heavy atom. The van der Waals surface area contributed by atoms with Crippen LogP contribution in [0.3, 0.4) is 0 Å². The molecule has 2 aromatic heterocycles. The van der Waals surface area contributed by atoms with Gasteiger partial charge in [-0.1, -0.05) is 46.4 Å². The number of hydrogen-bond donors (Lipinski definition) is 2. The molecule has 2 aliphatic rings. The summed E-state index contributed by atoms with van der Waals surface area (Å²) >= 11 is 0. The number of hydrogen-bond acceptors (Lipinski definition) is 5. The minimum atomic E-state index is -0.281. The van der Waals surface area contributed by atoms with Gasteiger partial charge >= 0.3 is 0 Å². The van der Waals surface area contributed by atoms with E-state index in [-0.39, 0.29) is 5.91 Å². The largest absolute Gasteiger partial charge is 0.317 e. The maximum atomic E-state index is 13.2. The van der Waals surface area contributed by atoms with Crippen LogP contribution in [0.5, 0.6) is 0 Å². The van der Waals surface area contributed by atoms with Crippen molar-refractivity contribution in [3.8, 4) is 5.69 Å². The Hall–Kier alpha value is -3.52. The Labute approximate surface area is 220 Å². The quantitative estimate of drug-likeness (QED) is 0.358. The van der Waals surface area contributed by atoms with Crippen molar-refractivity contribution in [1.82, 2.24) is 24.9 Å². The lowest BCUT2D eigenvalue weighted by atomic mass is 9.95. The zero-order valence-corrected chi connectivity index (χ0v) is 22.9. The van der Waals surface area contributed by atoms with Gasteiger partial charge in [-0.2, -0.15) is 10.2 Å². The lowest BCUT2D eigenvalue weighted by molar-refractivity contribution is 0.102. The van der Waals surface area contributed by atoms with Gasteiger partial charge < -0.3 is 10.6 Å². The number of piperidine rings is 1. The summed E-state index contributed by atoms with van der Waals surface area (Å²) in [5, 5.41) is 15.6. The van der Waals surface area contributed by atoms with E-state index in [4.69, 9.17) is 5.10 Å². The van der Waals surface area contributed by atoms with E-state index in [1.54, 1.807) is 13.1 Å². The molecule has 37 heavy (non-hydrogen) atoms. The van der Waals surface area contributed by atoms with Gasteiger partial charge in [0.25, 0.3) is 5.91 Å². The first-order valence-corrected chi connectivity index (χ1v) is 13.6. The molecule has 3 heterocycles. The van der Waals surface area contributed by atoms with Crippen molar-refractivity contribution in [2.45, 2.75) is 72.1 Å². The molecule has 0 unspecified atom stereocenters. The van der Waals surface area contributed by atoms with E-state index in [0.29, 0.717) is 29.0 Å². The third kappa shape index (κ3) is 6.63. The number of carbonyl (C=O) groups excluding carboxylic acids is 1. The number of nitrogens with zero attached hydrogens (tertiary/aromatic N) is 5. The Kier molecular flexibility index (Phi) is 10.4. The molecular weight excluding hydrogens is 462 g/mol. The monoisotopic (exact) mass is 503 g/mol. The summed E-state index contributed by atoms with van der Waals surface area (Å²) < 4.78 is 3.33. The second kappa shape index (κ2) is 13.7. The molecule has 5 rings (SSSR count). The van der Waals surface area contributed by atoms with Crippen LogP contribution in [0.1, 0.15) is 93.8 Å². The van der Waals surface area contributed by atoms with Gasteiger partial charge in [0, 0.05) is 24.4 Å². The van der Waals surface area contributed by atoms with Crippen LogP contribution >= 0.6 is 0 Å². The highest BCUT2D eigenvalue weighted by molar-refractivity contribution is 6.07. The molecule has 1 amide bonds. The van der Waals surface area contributed by atoms with Crippen molar-refractivity contribution in [2.75, 3.05) is 18.4 Å². The molecule has 0 atom stereocenters. The minimum Gasteiger partial charge on any atom is -0.317 e. The SMILES string of the molecule is C=Cn1ncc(C(=O)Nc2cc(C3CCNCC3)nn2-c2ccc(C3CC3)cc2)c1/N=C\C.CC.CC. The average Bonchev–Trinajstić information content (AvgIpc) is 3.61. The van der Waals surface area contributed by atoms with Crippen LogP contribution in [0.2, 0.25) is 0 Å². The lowest BCUT2D eigenvalue weighted by Crippen LogP contribution is -2.26. The highest BCUT2D eigenvalue weighted by atomic mass is 16.1. The topological polar surface area (TPSA) is 89.1 Å². The Bertz CT molecular complexity index is 1180. The first-order valence-electron chi connectivity index (χ1n) is 13.6. The Morgan fingerprint density at radius 1 is 1.08 bits per heavy atom. The van der Waals surface area contributed by atoms with E-state index in [0.717, 1.165) is 37.3 Å². The van der Waals surface area contributed by atoms with Crippen molar-refractivity contribution >= 4 is 30.0 Å². The first-order chi connectivity index (χ1) is 18.2. The molecule has 2 fully saturated rings. The van der Waals surface area contributed by atoms with Crippen molar-refractivity contribution in [2.24, 2.45) is 4.99 Å². The fourth-order valence-corrected chi connectivity index (χ4v) is 4.39. The number of nitrogens with one attached hydrogen (secondary N) is 2. The van der Waals surface area contributed by atoms with Crippen molar-refractivity contribution in [3.05, 3.63) is 59.9 Å². The predicted molar refractivity (Wildman–Crippen MR) is 153 cm³/mol. The Morgan fingerprint density at radius 3 is 2.35 bits per heavy atom. The van der Waals surface area contributed by atoms with Gasteiger partial charge in [0.1, 0.15) is 11.4 Å². The van der Waals surface area contributed by atoms with E-state index < -0.39 is 0 Å². The van der Waals surface area contributed by atoms with Crippen LogP contribution < -0.4 is 10.6 Å². The summed E-state index contributed by atoms with van der Waals surface area (Å²) in [5.74, 6) is 1.88. The van der Waals surface area contributed by atoms with Crippen molar-refractivity contribution in [3.63, 3.8) is 0 Å². The summed E-state index contributed by atoms with van der Waals surface area (Å²) in [6.45, 7) is 15.5. The zero-order chi connectivity index (χ0) is 26.8. The molecule has 8 nitrogen and oxygen atoms in total. The third-order valence-corrected chi connectivity index (χ3v) is 6.35. The number of amides is 1. The lowest BCUT2D eigenvalue weighted by Gasteiger charge is -2.20. The van der Waals surface area contributed by atoms with Crippen molar-refractivity contribution < 1.29 is 4.79 Å². The van der Waals surface area contributed by atoms with E-state index in [1.165, 1.54) is 35.5 Å². The zero-order valence-electron chi connectivity index (χ0n) is 22.9. The number of rotatable bonds is 7. The molecule has 2 N–H and O–H groups in total.